The second-order valence-corrected chi connectivity index (χ2v) is 8.48. The highest BCUT2D eigenvalue weighted by molar-refractivity contribution is 6.35. The quantitative estimate of drug-likeness (QED) is 0.739. The fourth-order valence-corrected chi connectivity index (χ4v) is 3.04. The van der Waals surface area contributed by atoms with Crippen LogP contribution in [0.25, 0.3) is 0 Å². The second kappa shape index (κ2) is 8.30. The van der Waals surface area contributed by atoms with Crippen LogP contribution in [0.4, 0.5) is 18.9 Å². The molecule has 0 saturated heterocycles. The van der Waals surface area contributed by atoms with Crippen LogP contribution in [0.1, 0.15) is 44.0 Å². The third kappa shape index (κ3) is 5.22. The number of nitrogens with zero attached hydrogens (tertiary/aromatic N) is 3. The summed E-state index contributed by atoms with van der Waals surface area (Å²) < 4.78 is 38.1. The molecule has 6 nitrogen and oxygen atoms in total. The lowest BCUT2D eigenvalue weighted by Gasteiger charge is -2.18. The maximum Gasteiger partial charge on any atom is 0.433 e. The molecule has 2 amide bonds. The van der Waals surface area contributed by atoms with Crippen LogP contribution in [0.15, 0.2) is 41.6 Å². The average molecular weight is 453 g/mol. The van der Waals surface area contributed by atoms with Gasteiger partial charge in [0.15, 0.2) is 0 Å². The van der Waals surface area contributed by atoms with Crippen LogP contribution in [-0.4, -0.2) is 22.5 Å². The number of halogens is 4. The van der Waals surface area contributed by atoms with E-state index in [-0.39, 0.29) is 24.6 Å². The minimum absolute atomic E-state index is 0.0709. The minimum atomic E-state index is -4.57. The van der Waals surface area contributed by atoms with Gasteiger partial charge in [-0.15, -0.1) is 0 Å². The summed E-state index contributed by atoms with van der Waals surface area (Å²) in [4.78, 5) is 27.9. The molecule has 0 radical (unpaired) electrons. The number of hydrogen-bond acceptors (Lipinski definition) is 4. The van der Waals surface area contributed by atoms with E-state index in [4.69, 9.17) is 11.6 Å². The van der Waals surface area contributed by atoms with E-state index in [0.29, 0.717) is 16.3 Å². The summed E-state index contributed by atoms with van der Waals surface area (Å²) >= 11 is 6.29. The van der Waals surface area contributed by atoms with E-state index in [9.17, 15) is 22.8 Å². The minimum Gasteiger partial charge on any atom is -0.352 e. The standard InChI is InChI=1S/C21H20ClF3N4O2/c1-20(2,3)19(31)27-10-12-4-6-15(22)14(8-12)16-9-18(30)29(28-16)13-5-7-17(26-11-13)21(23,24)25/h4-8,11H,9-10H2,1-3H3,(H,27,31). The summed E-state index contributed by atoms with van der Waals surface area (Å²) in [6.07, 6.45) is -3.69. The van der Waals surface area contributed by atoms with E-state index < -0.39 is 23.2 Å². The Morgan fingerprint density at radius 3 is 2.48 bits per heavy atom. The number of hydrazone groups is 1. The van der Waals surface area contributed by atoms with Gasteiger partial charge in [-0.05, 0) is 29.8 Å². The molecule has 1 aliphatic rings. The van der Waals surface area contributed by atoms with Gasteiger partial charge in [0.25, 0.3) is 5.91 Å². The van der Waals surface area contributed by atoms with Gasteiger partial charge in [-0.1, -0.05) is 38.4 Å². The molecule has 3 rings (SSSR count). The molecular weight excluding hydrogens is 433 g/mol. The van der Waals surface area contributed by atoms with E-state index >= 15 is 0 Å². The summed E-state index contributed by atoms with van der Waals surface area (Å²) in [6.45, 7) is 5.69. The summed E-state index contributed by atoms with van der Waals surface area (Å²) in [7, 11) is 0. The zero-order valence-electron chi connectivity index (χ0n) is 17.0. The van der Waals surface area contributed by atoms with Crippen molar-refractivity contribution in [3.8, 4) is 0 Å². The van der Waals surface area contributed by atoms with Crippen LogP contribution in [0.2, 0.25) is 5.02 Å². The molecule has 1 aromatic carbocycles. The van der Waals surface area contributed by atoms with Crippen molar-refractivity contribution < 1.29 is 22.8 Å². The SMILES string of the molecule is CC(C)(C)C(=O)NCc1ccc(Cl)c(C2=NN(c3ccc(C(F)(F)F)nc3)C(=O)C2)c1. The molecule has 2 heterocycles. The van der Waals surface area contributed by atoms with Gasteiger partial charge in [0.05, 0.1) is 24.0 Å². The van der Waals surface area contributed by atoms with Gasteiger partial charge in [0, 0.05) is 22.5 Å². The number of alkyl halides is 3. The van der Waals surface area contributed by atoms with Gasteiger partial charge in [-0.3, -0.25) is 9.59 Å². The maximum atomic E-state index is 12.7. The van der Waals surface area contributed by atoms with E-state index in [1.807, 2.05) is 0 Å². The van der Waals surface area contributed by atoms with Crippen molar-refractivity contribution in [1.29, 1.82) is 0 Å². The molecule has 0 unspecified atom stereocenters. The Kier molecular flexibility index (Phi) is 6.09. The van der Waals surface area contributed by atoms with Gasteiger partial charge < -0.3 is 5.32 Å². The van der Waals surface area contributed by atoms with Crippen LogP contribution in [0.3, 0.4) is 0 Å². The molecular formula is C21H20ClF3N4O2. The monoisotopic (exact) mass is 452 g/mol. The molecule has 1 aromatic heterocycles. The lowest BCUT2D eigenvalue weighted by molar-refractivity contribution is -0.141. The molecule has 0 fully saturated rings. The zero-order chi connectivity index (χ0) is 23.0. The van der Waals surface area contributed by atoms with Crippen LogP contribution >= 0.6 is 11.6 Å². The number of rotatable bonds is 4. The van der Waals surface area contributed by atoms with Gasteiger partial charge in [-0.25, -0.2) is 4.98 Å². The number of benzene rings is 1. The van der Waals surface area contributed by atoms with Crippen LogP contribution < -0.4 is 10.3 Å². The predicted molar refractivity (Wildman–Crippen MR) is 111 cm³/mol. The fourth-order valence-electron chi connectivity index (χ4n) is 2.81. The first-order valence-corrected chi connectivity index (χ1v) is 9.75. The van der Waals surface area contributed by atoms with Gasteiger partial charge in [0.1, 0.15) is 5.69 Å². The number of aromatic nitrogens is 1. The number of nitrogens with one attached hydrogen (secondary N) is 1. The maximum absolute atomic E-state index is 12.7. The first-order chi connectivity index (χ1) is 14.4. The Bertz CT molecular complexity index is 1040. The Balaban J connectivity index is 1.82. The lowest BCUT2D eigenvalue weighted by atomic mass is 9.95. The molecule has 0 spiro atoms. The Hall–Kier alpha value is -2.94. The van der Waals surface area contributed by atoms with E-state index in [0.717, 1.165) is 28.9 Å². The first kappa shape index (κ1) is 22.7. The highest BCUT2D eigenvalue weighted by Gasteiger charge is 2.33. The zero-order valence-corrected chi connectivity index (χ0v) is 17.8. The smallest absolute Gasteiger partial charge is 0.352 e. The van der Waals surface area contributed by atoms with E-state index in [2.05, 4.69) is 15.4 Å². The largest absolute Gasteiger partial charge is 0.433 e. The van der Waals surface area contributed by atoms with Crippen molar-refractivity contribution in [2.75, 3.05) is 5.01 Å². The van der Waals surface area contributed by atoms with Crippen LogP contribution in [0.5, 0.6) is 0 Å². The van der Waals surface area contributed by atoms with Crippen LogP contribution in [0, 0.1) is 5.41 Å². The molecule has 31 heavy (non-hydrogen) atoms. The molecule has 2 aromatic rings. The Morgan fingerprint density at radius 1 is 1.19 bits per heavy atom. The fraction of sp³-hybridized carbons (Fsp3) is 0.333. The molecule has 164 valence electrons. The van der Waals surface area contributed by atoms with Gasteiger partial charge in [-0.2, -0.15) is 23.3 Å². The Labute approximate surface area is 182 Å². The predicted octanol–water partition coefficient (Wildman–Crippen LogP) is 4.56. The van der Waals surface area contributed by atoms with Crippen LogP contribution in [-0.2, 0) is 22.3 Å². The summed E-state index contributed by atoms with van der Waals surface area (Å²) in [5, 5.41) is 8.46. The van der Waals surface area contributed by atoms with Crippen molar-refractivity contribution in [3.63, 3.8) is 0 Å². The number of pyridine rings is 1. The third-order valence-corrected chi connectivity index (χ3v) is 4.86. The molecule has 1 aliphatic heterocycles. The summed E-state index contributed by atoms with van der Waals surface area (Å²) in [5.41, 5.74) is 0.186. The average Bonchev–Trinajstić information content (AvgIpc) is 3.07. The van der Waals surface area contributed by atoms with Crippen molar-refractivity contribution in [3.05, 3.63) is 58.4 Å². The summed E-state index contributed by atoms with van der Waals surface area (Å²) in [6, 6.07) is 7.06. The van der Waals surface area contributed by atoms with Crippen molar-refractivity contribution >= 4 is 34.8 Å². The second-order valence-electron chi connectivity index (χ2n) is 8.08. The lowest BCUT2D eigenvalue weighted by Crippen LogP contribution is -2.34. The number of carbonyl (C=O) groups is 2. The van der Waals surface area contributed by atoms with Crippen molar-refractivity contribution in [2.45, 2.75) is 39.9 Å². The number of amides is 2. The van der Waals surface area contributed by atoms with E-state index in [1.165, 1.54) is 0 Å². The first-order valence-electron chi connectivity index (χ1n) is 9.37. The molecule has 0 bridgehead atoms. The highest BCUT2D eigenvalue weighted by atomic mass is 35.5. The van der Waals surface area contributed by atoms with Gasteiger partial charge >= 0.3 is 6.18 Å². The Morgan fingerprint density at radius 2 is 1.90 bits per heavy atom. The number of hydrogen-bond donors (Lipinski definition) is 1. The normalized spacial score (nSPS) is 14.6. The molecule has 0 atom stereocenters. The number of anilines is 1. The summed E-state index contributed by atoms with van der Waals surface area (Å²) in [5.74, 6) is -0.530. The molecule has 0 aliphatic carbocycles. The number of carbonyl (C=O) groups excluding carboxylic acids is 2. The third-order valence-electron chi connectivity index (χ3n) is 4.53. The molecule has 0 saturated carbocycles. The highest BCUT2D eigenvalue weighted by Crippen LogP contribution is 2.30. The molecule has 10 heteroatoms. The van der Waals surface area contributed by atoms with Crippen molar-refractivity contribution in [1.82, 2.24) is 10.3 Å². The molecule has 1 N–H and O–H groups in total. The van der Waals surface area contributed by atoms with Gasteiger partial charge in [0.2, 0.25) is 5.91 Å². The van der Waals surface area contributed by atoms with Crippen molar-refractivity contribution in [2.24, 2.45) is 10.5 Å². The topological polar surface area (TPSA) is 74.7 Å². The van der Waals surface area contributed by atoms with E-state index in [1.54, 1.807) is 39.0 Å².